The molecule has 1 unspecified atom stereocenters. The Morgan fingerprint density at radius 1 is 1.21 bits per heavy atom. The zero-order chi connectivity index (χ0) is 17.6. The zero-order valence-electron chi connectivity index (χ0n) is 14.4. The number of nitrogens with one attached hydrogen (secondary N) is 2. The number of aromatic nitrogens is 2. The van der Waals surface area contributed by atoms with Crippen molar-refractivity contribution in [1.82, 2.24) is 15.3 Å². The van der Waals surface area contributed by atoms with Gasteiger partial charge in [-0.3, -0.25) is 4.98 Å². The molecule has 24 heavy (non-hydrogen) atoms. The van der Waals surface area contributed by atoms with Crippen molar-refractivity contribution < 1.29 is 5.11 Å². The fraction of sp³-hybridized carbons (Fsp3) is 0.444. The van der Waals surface area contributed by atoms with Gasteiger partial charge in [0, 0.05) is 12.1 Å². The van der Waals surface area contributed by atoms with Crippen molar-refractivity contribution in [2.75, 3.05) is 18.5 Å². The molecule has 0 bridgehead atoms. The Labute approximate surface area is 148 Å². The van der Waals surface area contributed by atoms with Gasteiger partial charge in [0.15, 0.2) is 5.15 Å². The lowest BCUT2D eigenvalue weighted by molar-refractivity contribution is 0.283. The number of nitrogens with zero attached hydrogens (tertiary/aromatic N) is 2. The average Bonchev–Trinajstić information content (AvgIpc) is 2.51. The molecule has 0 spiro atoms. The van der Waals surface area contributed by atoms with E-state index in [-0.39, 0.29) is 18.2 Å². The molecular formula is C18H25ClN4O. The molecular weight excluding hydrogens is 324 g/mol. The summed E-state index contributed by atoms with van der Waals surface area (Å²) < 4.78 is 0. The molecule has 3 N–H and O–H groups in total. The maximum absolute atomic E-state index is 9.13. The van der Waals surface area contributed by atoms with Crippen LogP contribution in [0.15, 0.2) is 36.5 Å². The van der Waals surface area contributed by atoms with E-state index in [9.17, 15) is 0 Å². The van der Waals surface area contributed by atoms with Crippen molar-refractivity contribution in [3.05, 3.63) is 52.9 Å². The van der Waals surface area contributed by atoms with Crippen LogP contribution < -0.4 is 10.6 Å². The quantitative estimate of drug-likeness (QED) is 0.716. The van der Waals surface area contributed by atoms with Crippen molar-refractivity contribution in [3.8, 4) is 0 Å². The standard InChI is InChI=1S/C18H25ClN4O/c1-18(2,3)23-15-12-21-16(17(19)22-15)14(20-9-10-24)11-13-7-5-4-6-8-13/h4-8,12,14,20,24H,9-11H2,1-3H3,(H,22,23). The number of halogens is 1. The first kappa shape index (κ1) is 18.6. The Bertz CT molecular complexity index is 643. The third-order valence-corrected chi connectivity index (χ3v) is 3.65. The smallest absolute Gasteiger partial charge is 0.154 e. The molecule has 0 fully saturated rings. The lowest BCUT2D eigenvalue weighted by atomic mass is 10.0. The summed E-state index contributed by atoms with van der Waals surface area (Å²) in [4.78, 5) is 8.93. The third-order valence-electron chi connectivity index (χ3n) is 3.37. The van der Waals surface area contributed by atoms with E-state index in [0.717, 1.165) is 6.42 Å². The molecule has 1 atom stereocenters. The van der Waals surface area contributed by atoms with Crippen LogP contribution in [0.3, 0.4) is 0 Å². The average molecular weight is 349 g/mol. The summed E-state index contributed by atoms with van der Waals surface area (Å²) >= 11 is 6.38. The van der Waals surface area contributed by atoms with E-state index < -0.39 is 0 Å². The highest BCUT2D eigenvalue weighted by Gasteiger charge is 2.19. The summed E-state index contributed by atoms with van der Waals surface area (Å²) in [5.41, 5.74) is 1.74. The number of hydrogen-bond donors (Lipinski definition) is 3. The van der Waals surface area contributed by atoms with Crippen molar-refractivity contribution in [1.29, 1.82) is 0 Å². The maximum atomic E-state index is 9.13. The van der Waals surface area contributed by atoms with Crippen LogP contribution in [0.25, 0.3) is 0 Å². The van der Waals surface area contributed by atoms with Gasteiger partial charge in [0.25, 0.3) is 0 Å². The third kappa shape index (κ3) is 5.74. The fourth-order valence-electron chi connectivity index (χ4n) is 2.41. The second-order valence-electron chi connectivity index (χ2n) is 6.73. The van der Waals surface area contributed by atoms with Crippen molar-refractivity contribution in [2.45, 2.75) is 38.8 Å². The number of hydrogen-bond acceptors (Lipinski definition) is 5. The SMILES string of the molecule is CC(C)(C)Nc1cnc(C(Cc2ccccc2)NCCO)c(Cl)n1. The Morgan fingerprint density at radius 2 is 1.92 bits per heavy atom. The van der Waals surface area contributed by atoms with Gasteiger partial charge < -0.3 is 15.7 Å². The van der Waals surface area contributed by atoms with E-state index in [1.54, 1.807) is 6.20 Å². The van der Waals surface area contributed by atoms with E-state index in [0.29, 0.717) is 23.2 Å². The molecule has 0 amide bonds. The first-order chi connectivity index (χ1) is 11.4. The second kappa shape index (κ2) is 8.42. The predicted molar refractivity (Wildman–Crippen MR) is 98.4 cm³/mol. The van der Waals surface area contributed by atoms with Gasteiger partial charge in [-0.05, 0) is 32.8 Å². The van der Waals surface area contributed by atoms with Crippen LogP contribution >= 0.6 is 11.6 Å². The highest BCUT2D eigenvalue weighted by atomic mass is 35.5. The summed E-state index contributed by atoms with van der Waals surface area (Å²) in [6.07, 6.45) is 2.42. The monoisotopic (exact) mass is 348 g/mol. The van der Waals surface area contributed by atoms with Crippen LogP contribution in [0.2, 0.25) is 5.15 Å². The van der Waals surface area contributed by atoms with Crippen LogP contribution in [0.5, 0.6) is 0 Å². The number of benzene rings is 1. The van der Waals surface area contributed by atoms with Crippen molar-refractivity contribution in [3.63, 3.8) is 0 Å². The molecule has 0 saturated heterocycles. The van der Waals surface area contributed by atoms with E-state index in [4.69, 9.17) is 16.7 Å². The lowest BCUT2D eigenvalue weighted by Gasteiger charge is -2.23. The van der Waals surface area contributed by atoms with E-state index >= 15 is 0 Å². The topological polar surface area (TPSA) is 70.1 Å². The van der Waals surface area contributed by atoms with E-state index in [2.05, 4.69) is 53.5 Å². The van der Waals surface area contributed by atoms with Gasteiger partial charge in [-0.25, -0.2) is 4.98 Å². The van der Waals surface area contributed by atoms with Gasteiger partial charge in [0.05, 0.1) is 24.5 Å². The predicted octanol–water partition coefficient (Wildman–Crippen LogP) is 3.21. The van der Waals surface area contributed by atoms with Crippen LogP contribution in [0.4, 0.5) is 5.82 Å². The summed E-state index contributed by atoms with van der Waals surface area (Å²) in [5.74, 6) is 0.650. The molecule has 1 aromatic carbocycles. The molecule has 1 aromatic heterocycles. The molecule has 130 valence electrons. The van der Waals surface area contributed by atoms with Crippen LogP contribution in [0.1, 0.15) is 38.1 Å². The normalized spacial score (nSPS) is 12.9. The lowest BCUT2D eigenvalue weighted by Crippen LogP contribution is -2.29. The number of anilines is 1. The molecule has 6 heteroatoms. The highest BCUT2D eigenvalue weighted by molar-refractivity contribution is 6.30. The van der Waals surface area contributed by atoms with Gasteiger partial charge in [0.1, 0.15) is 5.82 Å². The Kier molecular flexibility index (Phi) is 6.54. The minimum atomic E-state index is -0.113. The Balaban J connectivity index is 2.22. The summed E-state index contributed by atoms with van der Waals surface area (Å²) in [6, 6.07) is 10.0. The van der Waals surface area contributed by atoms with Crippen LogP contribution in [-0.4, -0.2) is 33.8 Å². The van der Waals surface area contributed by atoms with E-state index in [1.807, 2.05) is 18.2 Å². The molecule has 0 saturated carbocycles. The first-order valence-electron chi connectivity index (χ1n) is 8.08. The number of aliphatic hydroxyl groups excluding tert-OH is 1. The molecule has 1 heterocycles. The molecule has 2 aromatic rings. The van der Waals surface area contributed by atoms with Gasteiger partial charge in [-0.1, -0.05) is 41.9 Å². The van der Waals surface area contributed by atoms with Gasteiger partial charge in [-0.2, -0.15) is 0 Å². The molecule has 5 nitrogen and oxygen atoms in total. The van der Waals surface area contributed by atoms with Gasteiger partial charge >= 0.3 is 0 Å². The van der Waals surface area contributed by atoms with Crippen LogP contribution in [-0.2, 0) is 6.42 Å². The number of aliphatic hydroxyl groups is 1. The minimum absolute atomic E-state index is 0.0556. The summed E-state index contributed by atoms with van der Waals surface area (Å²) in [5, 5.41) is 16.0. The van der Waals surface area contributed by atoms with Crippen molar-refractivity contribution in [2.24, 2.45) is 0 Å². The summed E-state index contributed by atoms with van der Waals surface area (Å²) in [6.45, 7) is 6.68. The molecule has 0 aliphatic heterocycles. The van der Waals surface area contributed by atoms with Crippen molar-refractivity contribution >= 4 is 17.4 Å². The number of rotatable bonds is 7. The zero-order valence-corrected chi connectivity index (χ0v) is 15.1. The molecule has 2 rings (SSSR count). The first-order valence-corrected chi connectivity index (χ1v) is 8.45. The van der Waals surface area contributed by atoms with Gasteiger partial charge in [-0.15, -0.1) is 0 Å². The molecule has 0 radical (unpaired) electrons. The Hall–Kier alpha value is -1.69. The second-order valence-corrected chi connectivity index (χ2v) is 7.08. The largest absolute Gasteiger partial charge is 0.395 e. The van der Waals surface area contributed by atoms with Gasteiger partial charge in [0.2, 0.25) is 0 Å². The molecule has 0 aliphatic rings. The van der Waals surface area contributed by atoms with Crippen LogP contribution in [0, 0.1) is 0 Å². The Morgan fingerprint density at radius 3 is 2.50 bits per heavy atom. The highest BCUT2D eigenvalue weighted by Crippen LogP contribution is 2.24. The van der Waals surface area contributed by atoms with E-state index in [1.165, 1.54) is 5.56 Å². The maximum Gasteiger partial charge on any atom is 0.154 e. The molecule has 0 aliphatic carbocycles. The fourth-order valence-corrected chi connectivity index (χ4v) is 2.68. The summed E-state index contributed by atoms with van der Waals surface area (Å²) in [7, 11) is 0. The minimum Gasteiger partial charge on any atom is -0.395 e.